The number of hydrogen-bond donors (Lipinski definition) is 1. The van der Waals surface area contributed by atoms with E-state index < -0.39 is 11.9 Å². The molecule has 0 radical (unpaired) electrons. The lowest BCUT2D eigenvalue weighted by atomic mass is 10.00. The van der Waals surface area contributed by atoms with Crippen molar-refractivity contribution in [2.75, 3.05) is 27.2 Å². The number of nitrogens with zero attached hydrogens (tertiary/aromatic N) is 2. The summed E-state index contributed by atoms with van der Waals surface area (Å²) in [6, 6.07) is 8.67. The van der Waals surface area contributed by atoms with Gasteiger partial charge in [-0.1, -0.05) is 24.3 Å². The number of hydrogen-bond acceptors (Lipinski definition) is 3. The van der Waals surface area contributed by atoms with E-state index in [1.54, 1.807) is 6.92 Å². The molecule has 2 rings (SSSR count). The topological polar surface area (TPSA) is 43.8 Å². The first-order valence-electron chi connectivity index (χ1n) is 7.68. The predicted molar refractivity (Wildman–Crippen MR) is 84.5 cm³/mol. The molecule has 1 N–H and O–H groups in total. The molecule has 1 aliphatic rings. The Morgan fingerprint density at radius 3 is 2.62 bits per heavy atom. The van der Waals surface area contributed by atoms with Crippen LogP contribution in [0.2, 0.25) is 0 Å². The maximum atomic E-state index is 11.0. The highest BCUT2D eigenvalue weighted by atomic mass is 16.4. The Balaban J connectivity index is 1.98. The fourth-order valence-corrected chi connectivity index (χ4v) is 3.02. The number of carbonyl (C=O) groups is 1. The van der Waals surface area contributed by atoms with E-state index in [0.717, 1.165) is 25.2 Å². The summed E-state index contributed by atoms with van der Waals surface area (Å²) in [6.07, 6.45) is 2.54. The second-order valence-corrected chi connectivity index (χ2v) is 6.33. The standard InChI is InChI=1S/C17H26N2O2/c1-13(17(20)21)15-8-6-14(7-9-15)11-19-10-4-5-16(19)12-18(2)3/h6-9,13,16H,4-5,10-12H2,1-3H3,(H,20,21). The van der Waals surface area contributed by atoms with Crippen molar-refractivity contribution >= 4 is 5.97 Å². The molecule has 4 heteroatoms. The number of likely N-dealkylation sites (N-methyl/N-ethyl adjacent to an activating group) is 1. The molecular weight excluding hydrogens is 264 g/mol. The average Bonchev–Trinajstić information content (AvgIpc) is 2.85. The van der Waals surface area contributed by atoms with E-state index in [0.29, 0.717) is 6.04 Å². The van der Waals surface area contributed by atoms with Gasteiger partial charge in [-0.15, -0.1) is 0 Å². The highest BCUT2D eigenvalue weighted by molar-refractivity contribution is 5.75. The summed E-state index contributed by atoms with van der Waals surface area (Å²) in [4.78, 5) is 15.8. The van der Waals surface area contributed by atoms with Gasteiger partial charge in [-0.25, -0.2) is 0 Å². The zero-order valence-corrected chi connectivity index (χ0v) is 13.2. The Hall–Kier alpha value is -1.39. The quantitative estimate of drug-likeness (QED) is 0.874. The van der Waals surface area contributed by atoms with Gasteiger partial charge in [-0.05, 0) is 51.5 Å². The summed E-state index contributed by atoms with van der Waals surface area (Å²) < 4.78 is 0. The molecule has 1 fully saturated rings. The SMILES string of the molecule is CC(C(=O)O)c1ccc(CN2CCCC2CN(C)C)cc1. The Kier molecular flexibility index (Phi) is 5.37. The molecule has 0 saturated carbocycles. The molecule has 0 spiro atoms. The number of carboxylic acid groups (broad SMARTS) is 1. The summed E-state index contributed by atoms with van der Waals surface area (Å²) in [7, 11) is 4.25. The third-order valence-corrected chi connectivity index (χ3v) is 4.31. The second-order valence-electron chi connectivity index (χ2n) is 6.33. The van der Waals surface area contributed by atoms with Gasteiger partial charge in [0.15, 0.2) is 0 Å². The Labute approximate surface area is 127 Å². The number of rotatable bonds is 6. The van der Waals surface area contributed by atoms with E-state index >= 15 is 0 Å². The maximum Gasteiger partial charge on any atom is 0.310 e. The first-order chi connectivity index (χ1) is 9.97. The van der Waals surface area contributed by atoms with Gasteiger partial charge in [0.25, 0.3) is 0 Å². The Morgan fingerprint density at radius 1 is 1.38 bits per heavy atom. The van der Waals surface area contributed by atoms with Crippen LogP contribution in [-0.2, 0) is 11.3 Å². The summed E-state index contributed by atoms with van der Waals surface area (Å²) in [5, 5.41) is 9.04. The minimum Gasteiger partial charge on any atom is -0.481 e. The normalized spacial score (nSPS) is 20.9. The monoisotopic (exact) mass is 290 g/mol. The van der Waals surface area contributed by atoms with Crippen LogP contribution in [0.5, 0.6) is 0 Å². The van der Waals surface area contributed by atoms with Crippen LogP contribution in [-0.4, -0.2) is 54.1 Å². The number of carboxylic acids is 1. The van der Waals surface area contributed by atoms with E-state index in [4.69, 9.17) is 5.11 Å². The molecule has 1 aromatic rings. The molecule has 0 aliphatic carbocycles. The third-order valence-electron chi connectivity index (χ3n) is 4.31. The summed E-state index contributed by atoms with van der Waals surface area (Å²) in [5.41, 5.74) is 2.14. The van der Waals surface area contributed by atoms with Crippen molar-refractivity contribution in [2.24, 2.45) is 0 Å². The van der Waals surface area contributed by atoms with Gasteiger partial charge in [0.1, 0.15) is 0 Å². The van der Waals surface area contributed by atoms with Crippen LogP contribution in [0, 0.1) is 0 Å². The number of likely N-dealkylation sites (tertiary alicyclic amines) is 1. The summed E-state index contributed by atoms with van der Waals surface area (Å²) >= 11 is 0. The molecule has 21 heavy (non-hydrogen) atoms. The zero-order chi connectivity index (χ0) is 15.4. The molecule has 0 amide bonds. The lowest BCUT2D eigenvalue weighted by Gasteiger charge is -2.27. The number of benzene rings is 1. The van der Waals surface area contributed by atoms with Crippen LogP contribution in [0.1, 0.15) is 36.8 Å². The molecule has 2 unspecified atom stereocenters. The molecule has 2 atom stereocenters. The highest BCUT2D eigenvalue weighted by Crippen LogP contribution is 2.22. The van der Waals surface area contributed by atoms with Crippen LogP contribution in [0.4, 0.5) is 0 Å². The molecule has 1 aromatic carbocycles. The maximum absolute atomic E-state index is 11.0. The second kappa shape index (κ2) is 7.05. The van der Waals surface area contributed by atoms with Crippen molar-refractivity contribution in [1.29, 1.82) is 0 Å². The van der Waals surface area contributed by atoms with Crippen molar-refractivity contribution in [3.8, 4) is 0 Å². The molecule has 1 saturated heterocycles. The highest BCUT2D eigenvalue weighted by Gasteiger charge is 2.24. The van der Waals surface area contributed by atoms with E-state index in [1.807, 2.05) is 12.1 Å². The van der Waals surface area contributed by atoms with Crippen molar-refractivity contribution in [3.63, 3.8) is 0 Å². The van der Waals surface area contributed by atoms with Gasteiger partial charge in [0.2, 0.25) is 0 Å². The molecule has 0 aromatic heterocycles. The molecule has 116 valence electrons. The Bertz CT molecular complexity index is 470. The van der Waals surface area contributed by atoms with Crippen molar-refractivity contribution in [2.45, 2.75) is 38.3 Å². The van der Waals surface area contributed by atoms with Crippen molar-refractivity contribution in [1.82, 2.24) is 9.80 Å². The fourth-order valence-electron chi connectivity index (χ4n) is 3.02. The van der Waals surface area contributed by atoms with Crippen molar-refractivity contribution < 1.29 is 9.90 Å². The van der Waals surface area contributed by atoms with Crippen LogP contribution in [0.15, 0.2) is 24.3 Å². The minimum atomic E-state index is -0.770. The van der Waals surface area contributed by atoms with Gasteiger partial charge in [0.05, 0.1) is 5.92 Å². The zero-order valence-electron chi connectivity index (χ0n) is 13.2. The number of aliphatic carboxylic acids is 1. The third kappa shape index (κ3) is 4.29. The molecule has 4 nitrogen and oxygen atoms in total. The molecule has 0 bridgehead atoms. The molecule has 1 aliphatic heterocycles. The predicted octanol–water partition coefficient (Wildman–Crippen LogP) is 2.40. The smallest absolute Gasteiger partial charge is 0.310 e. The first-order valence-corrected chi connectivity index (χ1v) is 7.68. The average molecular weight is 290 g/mol. The van der Waals surface area contributed by atoms with E-state index in [-0.39, 0.29) is 0 Å². The lowest BCUT2D eigenvalue weighted by molar-refractivity contribution is -0.138. The van der Waals surface area contributed by atoms with Gasteiger partial charge in [0, 0.05) is 19.1 Å². The van der Waals surface area contributed by atoms with Gasteiger partial charge < -0.3 is 10.0 Å². The van der Waals surface area contributed by atoms with Gasteiger partial charge in [-0.3, -0.25) is 9.69 Å². The first kappa shape index (κ1) is 16.0. The van der Waals surface area contributed by atoms with Crippen molar-refractivity contribution in [3.05, 3.63) is 35.4 Å². The van der Waals surface area contributed by atoms with E-state index in [2.05, 4.69) is 36.0 Å². The minimum absolute atomic E-state index is 0.438. The van der Waals surface area contributed by atoms with Crippen LogP contribution >= 0.6 is 0 Å². The fraction of sp³-hybridized carbons (Fsp3) is 0.588. The largest absolute Gasteiger partial charge is 0.481 e. The van der Waals surface area contributed by atoms with Crippen LogP contribution < -0.4 is 0 Å². The van der Waals surface area contributed by atoms with Gasteiger partial charge >= 0.3 is 5.97 Å². The Morgan fingerprint density at radius 2 is 2.05 bits per heavy atom. The summed E-state index contributed by atoms with van der Waals surface area (Å²) in [6.45, 7) is 4.95. The summed E-state index contributed by atoms with van der Waals surface area (Å²) in [5.74, 6) is -1.21. The lowest BCUT2D eigenvalue weighted by Crippen LogP contribution is -2.37. The van der Waals surface area contributed by atoms with E-state index in [1.165, 1.54) is 18.4 Å². The molecular formula is C17H26N2O2. The van der Waals surface area contributed by atoms with Gasteiger partial charge in [-0.2, -0.15) is 0 Å². The van der Waals surface area contributed by atoms with E-state index in [9.17, 15) is 4.79 Å². The van der Waals surface area contributed by atoms with Crippen LogP contribution in [0.3, 0.4) is 0 Å². The molecule has 1 heterocycles. The van der Waals surface area contributed by atoms with Crippen LogP contribution in [0.25, 0.3) is 0 Å².